The van der Waals surface area contributed by atoms with Crippen LogP contribution in [0.4, 0.5) is 0 Å². The van der Waals surface area contributed by atoms with Crippen molar-refractivity contribution < 1.29 is 19.3 Å². The molecule has 0 radical (unpaired) electrons. The fourth-order valence-electron chi connectivity index (χ4n) is 4.56. The van der Waals surface area contributed by atoms with Crippen LogP contribution in [-0.2, 0) is 11.3 Å². The zero-order chi connectivity index (χ0) is 22.1. The molecular weight excluding hydrogens is 394 g/mol. The maximum absolute atomic E-state index is 10.5. The Morgan fingerprint density at radius 2 is 1.81 bits per heavy atom. The number of rotatable bonds is 10. The van der Waals surface area contributed by atoms with Gasteiger partial charge in [-0.2, -0.15) is 0 Å². The summed E-state index contributed by atoms with van der Waals surface area (Å²) >= 11 is 0. The van der Waals surface area contributed by atoms with Crippen LogP contribution in [-0.4, -0.2) is 106 Å². The lowest BCUT2D eigenvalue weighted by Gasteiger charge is -2.31. The summed E-state index contributed by atoms with van der Waals surface area (Å²) in [5.41, 5.74) is 1.21. The molecule has 2 heterocycles. The molecule has 0 aromatic heterocycles. The van der Waals surface area contributed by atoms with Crippen molar-refractivity contribution in [3.63, 3.8) is 0 Å². The number of hydrogen-bond donors (Lipinski definition) is 1. The molecule has 0 bridgehead atoms. The number of nitrogens with zero attached hydrogens (tertiary/aromatic N) is 3. The van der Waals surface area contributed by atoms with Crippen LogP contribution in [0.3, 0.4) is 0 Å². The topological polar surface area (TPSA) is 57.6 Å². The molecule has 2 fully saturated rings. The van der Waals surface area contributed by atoms with Crippen molar-refractivity contribution in [3.8, 4) is 11.5 Å². The van der Waals surface area contributed by atoms with Crippen LogP contribution in [0, 0.1) is 5.92 Å². The molecule has 1 unspecified atom stereocenters. The molecule has 1 aromatic carbocycles. The monoisotopic (exact) mass is 435 g/mol. The highest BCUT2D eigenvalue weighted by Crippen LogP contribution is 2.29. The second-order valence-corrected chi connectivity index (χ2v) is 9.08. The molecule has 0 saturated carbocycles. The van der Waals surface area contributed by atoms with Gasteiger partial charge in [-0.05, 0) is 76.1 Å². The van der Waals surface area contributed by atoms with Crippen molar-refractivity contribution in [1.29, 1.82) is 0 Å². The first-order valence-corrected chi connectivity index (χ1v) is 11.7. The van der Waals surface area contributed by atoms with Gasteiger partial charge in [0.1, 0.15) is 12.7 Å². The van der Waals surface area contributed by atoms with Crippen LogP contribution in [0.25, 0.3) is 0 Å². The molecule has 3 rings (SSSR count). The van der Waals surface area contributed by atoms with E-state index in [1.54, 1.807) is 14.2 Å². The maximum atomic E-state index is 10.5. The Morgan fingerprint density at radius 1 is 1.00 bits per heavy atom. The summed E-state index contributed by atoms with van der Waals surface area (Å²) in [6, 6.07) is 6.14. The number of benzene rings is 1. The minimum absolute atomic E-state index is 0.272. The first-order valence-electron chi connectivity index (χ1n) is 11.7. The van der Waals surface area contributed by atoms with Gasteiger partial charge in [0.15, 0.2) is 11.5 Å². The van der Waals surface area contributed by atoms with E-state index < -0.39 is 6.10 Å². The molecule has 1 atom stereocenters. The predicted molar refractivity (Wildman–Crippen MR) is 123 cm³/mol. The van der Waals surface area contributed by atoms with Crippen LogP contribution >= 0.6 is 0 Å². The van der Waals surface area contributed by atoms with Gasteiger partial charge in [-0.1, -0.05) is 6.07 Å². The predicted octanol–water partition coefficient (Wildman–Crippen LogP) is 1.93. The minimum atomic E-state index is -0.517. The molecule has 31 heavy (non-hydrogen) atoms. The molecule has 2 aliphatic heterocycles. The summed E-state index contributed by atoms with van der Waals surface area (Å²) in [6.45, 7) is 9.08. The van der Waals surface area contributed by atoms with E-state index in [1.165, 1.54) is 18.4 Å². The largest absolute Gasteiger partial charge is 0.493 e. The number of likely N-dealkylation sites (N-methyl/N-ethyl adjacent to an activating group) is 1. The number of ether oxygens (including phenoxy) is 3. The van der Waals surface area contributed by atoms with Gasteiger partial charge in [0.2, 0.25) is 0 Å². The first-order chi connectivity index (χ1) is 15.1. The minimum Gasteiger partial charge on any atom is -0.493 e. The van der Waals surface area contributed by atoms with Crippen LogP contribution in [0.1, 0.15) is 24.8 Å². The lowest BCUT2D eigenvalue weighted by Crippen LogP contribution is -2.37. The van der Waals surface area contributed by atoms with Crippen LogP contribution < -0.4 is 9.47 Å². The summed E-state index contributed by atoms with van der Waals surface area (Å²) in [6.07, 6.45) is 3.00. The molecule has 7 heteroatoms. The fraction of sp³-hybridized carbons (Fsp3) is 0.750. The molecule has 176 valence electrons. The van der Waals surface area contributed by atoms with E-state index in [0.29, 0.717) is 24.0 Å². The summed E-state index contributed by atoms with van der Waals surface area (Å²) < 4.78 is 16.8. The number of piperidine rings is 1. The molecule has 1 N–H and O–H groups in total. The Hall–Kier alpha value is -1.38. The Morgan fingerprint density at radius 3 is 2.55 bits per heavy atom. The summed E-state index contributed by atoms with van der Waals surface area (Å²) in [4.78, 5) is 7.17. The van der Waals surface area contributed by atoms with Crippen molar-refractivity contribution in [2.75, 3.05) is 80.3 Å². The normalized spacial score (nSPS) is 21.0. The van der Waals surface area contributed by atoms with E-state index in [0.717, 1.165) is 58.8 Å². The van der Waals surface area contributed by atoms with E-state index in [-0.39, 0.29) is 6.61 Å². The number of β-amino-alcohol motifs (C(OH)–C–C–N with tert-alkyl or cyclic N) is 1. The number of aliphatic hydroxyl groups is 1. The van der Waals surface area contributed by atoms with E-state index in [9.17, 15) is 5.11 Å². The average Bonchev–Trinajstić information content (AvgIpc) is 2.98. The molecule has 0 amide bonds. The van der Waals surface area contributed by atoms with Crippen LogP contribution in [0.5, 0.6) is 11.5 Å². The molecular formula is C24H41N3O4. The van der Waals surface area contributed by atoms with Crippen molar-refractivity contribution in [1.82, 2.24) is 14.7 Å². The Kier molecular flexibility index (Phi) is 9.87. The number of aliphatic hydroxyl groups excluding tert-OH is 1. The maximum Gasteiger partial charge on any atom is 0.161 e. The van der Waals surface area contributed by atoms with Gasteiger partial charge in [0.05, 0.1) is 7.11 Å². The number of methoxy groups -OCH3 is 2. The van der Waals surface area contributed by atoms with Crippen LogP contribution in [0.2, 0.25) is 0 Å². The molecule has 0 spiro atoms. The quantitative estimate of drug-likeness (QED) is 0.603. The van der Waals surface area contributed by atoms with Gasteiger partial charge >= 0.3 is 0 Å². The SMILES string of the molecule is COCC1CCN(Cc2ccc(OC)c(OCC(O)CN3CCCN(C)CC3)c2)CC1. The van der Waals surface area contributed by atoms with Gasteiger partial charge in [0, 0.05) is 39.9 Å². The molecule has 1 aromatic rings. The van der Waals surface area contributed by atoms with Crippen molar-refractivity contribution in [2.45, 2.75) is 31.9 Å². The third kappa shape index (κ3) is 7.91. The number of hydrogen-bond acceptors (Lipinski definition) is 7. The second-order valence-electron chi connectivity index (χ2n) is 9.08. The zero-order valence-electron chi connectivity index (χ0n) is 19.6. The third-order valence-electron chi connectivity index (χ3n) is 6.46. The molecule has 7 nitrogen and oxygen atoms in total. The average molecular weight is 436 g/mol. The van der Waals surface area contributed by atoms with E-state index in [1.807, 2.05) is 6.07 Å². The standard InChI is InChI=1S/C24H41N3O4/c1-25-9-4-10-26(14-13-25)17-22(28)19-31-24-15-21(5-6-23(24)30-3)16-27-11-7-20(8-12-27)18-29-2/h5-6,15,20,22,28H,4,7-14,16-19H2,1-3H3. The van der Waals surface area contributed by atoms with Crippen LogP contribution in [0.15, 0.2) is 18.2 Å². The van der Waals surface area contributed by atoms with Gasteiger partial charge in [-0.25, -0.2) is 0 Å². The summed E-state index contributed by atoms with van der Waals surface area (Å²) in [5.74, 6) is 2.11. The van der Waals surface area contributed by atoms with Crippen molar-refractivity contribution in [2.24, 2.45) is 5.92 Å². The van der Waals surface area contributed by atoms with E-state index in [4.69, 9.17) is 14.2 Å². The van der Waals surface area contributed by atoms with Gasteiger partial charge in [0.25, 0.3) is 0 Å². The Bertz CT molecular complexity index is 652. The summed E-state index contributed by atoms with van der Waals surface area (Å²) in [5, 5.41) is 10.5. The Balaban J connectivity index is 1.49. The van der Waals surface area contributed by atoms with E-state index >= 15 is 0 Å². The highest BCUT2D eigenvalue weighted by molar-refractivity contribution is 5.43. The highest BCUT2D eigenvalue weighted by Gasteiger charge is 2.20. The lowest BCUT2D eigenvalue weighted by atomic mass is 9.97. The van der Waals surface area contributed by atoms with E-state index in [2.05, 4.69) is 33.9 Å². The first kappa shape index (κ1) is 24.3. The second kappa shape index (κ2) is 12.6. The van der Waals surface area contributed by atoms with Gasteiger partial charge in [-0.15, -0.1) is 0 Å². The third-order valence-corrected chi connectivity index (χ3v) is 6.46. The number of likely N-dealkylation sites (tertiary alicyclic amines) is 1. The van der Waals surface area contributed by atoms with Crippen molar-refractivity contribution >= 4 is 0 Å². The smallest absolute Gasteiger partial charge is 0.161 e. The summed E-state index contributed by atoms with van der Waals surface area (Å²) in [7, 11) is 5.60. The van der Waals surface area contributed by atoms with Gasteiger partial charge in [-0.3, -0.25) is 9.80 Å². The lowest BCUT2D eigenvalue weighted by molar-refractivity contribution is 0.0684. The van der Waals surface area contributed by atoms with Crippen molar-refractivity contribution in [3.05, 3.63) is 23.8 Å². The fourth-order valence-corrected chi connectivity index (χ4v) is 4.56. The Labute approximate surface area is 187 Å². The zero-order valence-corrected chi connectivity index (χ0v) is 19.6. The highest BCUT2D eigenvalue weighted by atomic mass is 16.5. The molecule has 2 aliphatic rings. The molecule has 0 aliphatic carbocycles. The van der Waals surface area contributed by atoms with Gasteiger partial charge < -0.3 is 24.2 Å². The molecule has 2 saturated heterocycles.